The minimum absolute atomic E-state index is 0.0272. The van der Waals surface area contributed by atoms with Gasteiger partial charge in [0.1, 0.15) is 11.3 Å². The van der Waals surface area contributed by atoms with Crippen LogP contribution < -0.4 is 15.6 Å². The highest BCUT2D eigenvalue weighted by Crippen LogP contribution is 2.52. The van der Waals surface area contributed by atoms with Gasteiger partial charge in [0.15, 0.2) is 5.78 Å². The van der Waals surface area contributed by atoms with Crippen molar-refractivity contribution in [3.63, 3.8) is 0 Å². The smallest absolute Gasteiger partial charge is 0.263 e. The van der Waals surface area contributed by atoms with Crippen LogP contribution in [0.4, 0.5) is 0 Å². The molecule has 1 unspecified atom stereocenters. The molecule has 29 heavy (non-hydrogen) atoms. The molecule has 0 spiro atoms. The number of aromatic nitrogens is 1. The van der Waals surface area contributed by atoms with Crippen molar-refractivity contribution < 1.29 is 19.1 Å². The van der Waals surface area contributed by atoms with Crippen molar-refractivity contribution in [3.8, 4) is 5.75 Å². The van der Waals surface area contributed by atoms with Gasteiger partial charge in [-0.05, 0) is 41.5 Å². The fourth-order valence-electron chi connectivity index (χ4n) is 4.16. The number of ketones is 1. The maximum absolute atomic E-state index is 12.9. The molecule has 2 aliphatic rings. The summed E-state index contributed by atoms with van der Waals surface area (Å²) in [7, 11) is 3.04. The minimum Gasteiger partial charge on any atom is -0.497 e. The summed E-state index contributed by atoms with van der Waals surface area (Å²) in [6, 6.07) is 8.76. The lowest BCUT2D eigenvalue weighted by Crippen LogP contribution is -2.32. The standard InChI is InChI=1S/C22H24N2O5/c1-23-21(26)17-7-14(20(25)8-16-18-11-29-12-19(16)18)10-24(22(17)27)9-13-4-3-5-15(6-13)28-2/h3-7,10,16,18-19H,8-9,11-12H2,1-2H3,(H,23,26)/t16?,18-,19+. The van der Waals surface area contributed by atoms with E-state index in [1.165, 1.54) is 17.7 Å². The molecular formula is C22H24N2O5. The molecule has 152 valence electrons. The zero-order chi connectivity index (χ0) is 20.5. The van der Waals surface area contributed by atoms with Crippen LogP contribution in [0.1, 0.15) is 32.7 Å². The molecule has 4 rings (SSSR count). The molecule has 1 aliphatic carbocycles. The zero-order valence-electron chi connectivity index (χ0n) is 16.5. The number of fused-ring (bicyclic) bond motifs is 1. The number of carbonyl (C=O) groups excluding carboxylic acids is 2. The van der Waals surface area contributed by atoms with Gasteiger partial charge in [-0.25, -0.2) is 0 Å². The van der Waals surface area contributed by atoms with Gasteiger partial charge in [0, 0.05) is 25.2 Å². The molecule has 2 aromatic rings. The van der Waals surface area contributed by atoms with Crippen LogP contribution in [0.2, 0.25) is 0 Å². The van der Waals surface area contributed by atoms with Gasteiger partial charge in [0.25, 0.3) is 11.5 Å². The number of pyridine rings is 1. The Hall–Kier alpha value is -2.93. The summed E-state index contributed by atoms with van der Waals surface area (Å²) in [5.74, 6) is 1.42. The summed E-state index contributed by atoms with van der Waals surface area (Å²) in [5, 5.41) is 2.48. The van der Waals surface area contributed by atoms with E-state index in [1.807, 2.05) is 24.3 Å². The Morgan fingerprint density at radius 3 is 2.69 bits per heavy atom. The minimum atomic E-state index is -0.499. The number of rotatable bonds is 7. The molecular weight excluding hydrogens is 372 g/mol. The highest BCUT2D eigenvalue weighted by Gasteiger charge is 2.54. The van der Waals surface area contributed by atoms with Crippen LogP contribution in [0, 0.1) is 17.8 Å². The van der Waals surface area contributed by atoms with Crippen molar-refractivity contribution in [2.45, 2.75) is 13.0 Å². The summed E-state index contributed by atoms with van der Waals surface area (Å²) in [6.07, 6.45) is 1.98. The fourth-order valence-corrected chi connectivity index (χ4v) is 4.16. The molecule has 1 amide bonds. The third-order valence-electron chi connectivity index (χ3n) is 5.92. The average molecular weight is 396 g/mol. The molecule has 2 heterocycles. The first-order chi connectivity index (χ1) is 14.0. The number of methoxy groups -OCH3 is 1. The van der Waals surface area contributed by atoms with Crippen molar-refractivity contribution in [2.24, 2.45) is 17.8 Å². The average Bonchev–Trinajstić information content (AvgIpc) is 3.14. The molecule has 1 N–H and O–H groups in total. The highest BCUT2D eigenvalue weighted by molar-refractivity contribution is 6.00. The summed E-state index contributed by atoms with van der Waals surface area (Å²) < 4.78 is 12.0. The van der Waals surface area contributed by atoms with Crippen LogP contribution >= 0.6 is 0 Å². The Kier molecular flexibility index (Phi) is 5.24. The van der Waals surface area contributed by atoms with Crippen LogP contribution in [0.15, 0.2) is 41.3 Å². The second-order valence-corrected chi connectivity index (χ2v) is 7.66. The SMILES string of the molecule is CNC(=O)c1cc(C(=O)CC2[C@H]3COC[C@@H]23)cn(Cc2cccc(OC)c2)c1=O. The van der Waals surface area contributed by atoms with E-state index < -0.39 is 11.5 Å². The quantitative estimate of drug-likeness (QED) is 0.721. The van der Waals surface area contributed by atoms with Crippen molar-refractivity contribution in [1.82, 2.24) is 9.88 Å². The number of hydrogen-bond donors (Lipinski definition) is 1. The lowest BCUT2D eigenvalue weighted by Gasteiger charge is -2.12. The van der Waals surface area contributed by atoms with E-state index in [9.17, 15) is 14.4 Å². The Morgan fingerprint density at radius 2 is 2.00 bits per heavy atom. The molecule has 7 heteroatoms. The fraction of sp³-hybridized carbons (Fsp3) is 0.409. The van der Waals surface area contributed by atoms with Gasteiger partial charge in [0.05, 0.1) is 26.9 Å². The van der Waals surface area contributed by atoms with Crippen molar-refractivity contribution in [1.29, 1.82) is 0 Å². The van der Waals surface area contributed by atoms with Crippen molar-refractivity contribution in [3.05, 3.63) is 63.6 Å². The zero-order valence-corrected chi connectivity index (χ0v) is 16.5. The van der Waals surface area contributed by atoms with Gasteiger partial charge in [-0.15, -0.1) is 0 Å². The Balaban J connectivity index is 1.64. The van der Waals surface area contributed by atoms with E-state index in [0.717, 1.165) is 18.8 Å². The topological polar surface area (TPSA) is 86.6 Å². The van der Waals surface area contributed by atoms with E-state index in [4.69, 9.17) is 9.47 Å². The second-order valence-electron chi connectivity index (χ2n) is 7.66. The van der Waals surface area contributed by atoms with Gasteiger partial charge < -0.3 is 19.4 Å². The maximum Gasteiger partial charge on any atom is 0.263 e. The summed E-state index contributed by atoms with van der Waals surface area (Å²) in [5.41, 5.74) is 0.769. The first-order valence-corrected chi connectivity index (χ1v) is 9.72. The van der Waals surface area contributed by atoms with E-state index in [1.54, 1.807) is 13.3 Å². The lowest BCUT2D eigenvalue weighted by atomic mass is 10.0. The van der Waals surface area contributed by atoms with Crippen LogP contribution in [0.25, 0.3) is 0 Å². The van der Waals surface area contributed by atoms with Gasteiger partial charge in [0.2, 0.25) is 0 Å². The maximum atomic E-state index is 12.9. The van der Waals surface area contributed by atoms with Gasteiger partial charge in [-0.2, -0.15) is 0 Å². The van der Waals surface area contributed by atoms with Crippen molar-refractivity contribution >= 4 is 11.7 Å². The molecule has 3 atom stereocenters. The monoisotopic (exact) mass is 396 g/mol. The van der Waals surface area contributed by atoms with Gasteiger partial charge in [-0.1, -0.05) is 12.1 Å². The number of ether oxygens (including phenoxy) is 2. The third kappa shape index (κ3) is 3.82. The van der Waals surface area contributed by atoms with Gasteiger partial charge >= 0.3 is 0 Å². The number of nitrogens with one attached hydrogen (secondary N) is 1. The van der Waals surface area contributed by atoms with E-state index in [2.05, 4.69) is 5.32 Å². The Morgan fingerprint density at radius 1 is 1.24 bits per heavy atom. The summed E-state index contributed by atoms with van der Waals surface area (Å²) >= 11 is 0. The lowest BCUT2D eigenvalue weighted by molar-refractivity contribution is 0.0950. The normalized spacial score (nSPS) is 22.1. The number of carbonyl (C=O) groups is 2. The molecule has 1 aromatic heterocycles. The Labute approximate surface area is 168 Å². The molecule has 0 radical (unpaired) electrons. The first-order valence-electron chi connectivity index (χ1n) is 9.72. The molecule has 1 aliphatic heterocycles. The predicted molar refractivity (Wildman–Crippen MR) is 106 cm³/mol. The summed E-state index contributed by atoms with van der Waals surface area (Å²) in [6.45, 7) is 1.69. The number of nitrogens with zero attached hydrogens (tertiary/aromatic N) is 1. The summed E-state index contributed by atoms with van der Waals surface area (Å²) in [4.78, 5) is 38.0. The molecule has 0 bridgehead atoms. The van der Waals surface area contributed by atoms with Crippen LogP contribution in [0.3, 0.4) is 0 Å². The number of benzene rings is 1. The largest absolute Gasteiger partial charge is 0.497 e. The number of Topliss-reactive ketones (excluding diaryl/α,β-unsaturated/α-hetero) is 1. The van der Waals surface area contributed by atoms with E-state index >= 15 is 0 Å². The van der Waals surface area contributed by atoms with E-state index in [-0.39, 0.29) is 17.9 Å². The van der Waals surface area contributed by atoms with Crippen molar-refractivity contribution in [2.75, 3.05) is 27.4 Å². The number of hydrogen-bond acceptors (Lipinski definition) is 5. The number of amides is 1. The highest BCUT2D eigenvalue weighted by atomic mass is 16.5. The first kappa shape index (κ1) is 19.4. The molecule has 1 saturated carbocycles. The van der Waals surface area contributed by atoms with Crippen LogP contribution in [0.5, 0.6) is 5.75 Å². The van der Waals surface area contributed by atoms with Crippen LogP contribution in [-0.4, -0.2) is 43.6 Å². The van der Waals surface area contributed by atoms with E-state index in [0.29, 0.717) is 35.5 Å². The molecule has 1 saturated heterocycles. The molecule has 7 nitrogen and oxygen atoms in total. The molecule has 2 fully saturated rings. The molecule has 1 aromatic carbocycles. The Bertz CT molecular complexity index is 1000. The third-order valence-corrected chi connectivity index (χ3v) is 5.92. The predicted octanol–water partition coefficient (Wildman–Crippen LogP) is 1.73. The van der Waals surface area contributed by atoms with Gasteiger partial charge in [-0.3, -0.25) is 14.4 Å². The van der Waals surface area contributed by atoms with Crippen LogP contribution in [-0.2, 0) is 11.3 Å². The second kappa shape index (κ2) is 7.83.